The third kappa shape index (κ3) is 2.19. The molecule has 7 nitrogen and oxygen atoms in total. The smallest absolute Gasteiger partial charge is 0.251 e. The number of pyridine rings is 1. The van der Waals surface area contributed by atoms with Gasteiger partial charge in [-0.15, -0.1) is 0 Å². The number of aromatic nitrogens is 1. The van der Waals surface area contributed by atoms with Crippen molar-refractivity contribution in [2.45, 2.75) is 25.3 Å². The van der Waals surface area contributed by atoms with Crippen molar-refractivity contribution in [1.29, 1.82) is 0 Å². The lowest BCUT2D eigenvalue weighted by Gasteiger charge is -2.57. The largest absolute Gasteiger partial charge is 0.342 e. The Bertz CT molecular complexity index is 835. The zero-order valence-electron chi connectivity index (χ0n) is 15.0. The Morgan fingerprint density at radius 3 is 2.58 bits per heavy atom. The number of piperidine rings is 1. The van der Waals surface area contributed by atoms with Gasteiger partial charge < -0.3 is 15.1 Å². The lowest BCUT2D eigenvalue weighted by Crippen LogP contribution is -2.73. The number of hydrogen-bond donors (Lipinski definition) is 1. The van der Waals surface area contributed by atoms with E-state index in [1.165, 1.54) is 0 Å². The van der Waals surface area contributed by atoms with E-state index in [9.17, 15) is 14.4 Å². The summed E-state index contributed by atoms with van der Waals surface area (Å²) < 4.78 is 1.72. The Morgan fingerprint density at radius 1 is 1.15 bits per heavy atom. The Labute approximate surface area is 152 Å². The Hall–Kier alpha value is -2.15. The van der Waals surface area contributed by atoms with Crippen LogP contribution in [0.25, 0.3) is 0 Å². The van der Waals surface area contributed by atoms with Crippen molar-refractivity contribution >= 4 is 11.8 Å². The zero-order valence-corrected chi connectivity index (χ0v) is 15.0. The molecule has 0 unspecified atom stereocenters. The fourth-order valence-corrected chi connectivity index (χ4v) is 5.32. The summed E-state index contributed by atoms with van der Waals surface area (Å²) in [5.41, 5.74) is 1.06. The van der Waals surface area contributed by atoms with Gasteiger partial charge in [0.15, 0.2) is 0 Å². The maximum Gasteiger partial charge on any atom is 0.251 e. The average molecular weight is 356 g/mol. The minimum absolute atomic E-state index is 0.00816. The molecule has 2 bridgehead atoms. The molecule has 1 aromatic rings. The summed E-state index contributed by atoms with van der Waals surface area (Å²) in [7, 11) is 0. The van der Waals surface area contributed by atoms with E-state index >= 15 is 0 Å². The van der Waals surface area contributed by atoms with E-state index in [4.69, 9.17) is 0 Å². The van der Waals surface area contributed by atoms with Gasteiger partial charge in [-0.2, -0.15) is 0 Å². The van der Waals surface area contributed by atoms with Gasteiger partial charge in [-0.3, -0.25) is 19.0 Å². The zero-order chi connectivity index (χ0) is 18.1. The van der Waals surface area contributed by atoms with Crippen LogP contribution in [0.2, 0.25) is 0 Å². The molecule has 0 radical (unpaired) electrons. The molecule has 1 N–H and O–H groups in total. The lowest BCUT2D eigenvalue weighted by molar-refractivity contribution is -0.155. The predicted molar refractivity (Wildman–Crippen MR) is 94.7 cm³/mol. The van der Waals surface area contributed by atoms with Gasteiger partial charge in [0.25, 0.3) is 5.56 Å². The minimum atomic E-state index is -0.484. The molecule has 0 saturated carbocycles. The number of hydrogen-bond acceptors (Lipinski definition) is 4. The second-order valence-corrected chi connectivity index (χ2v) is 8.52. The SMILES string of the molecule is CC(=O)N1C[C@H]2C[C@@H](C1)[C@H](C(=O)N1CC3(CNC3)C1)n1c2cccc1=O. The first-order chi connectivity index (χ1) is 12.5. The number of amides is 2. The van der Waals surface area contributed by atoms with Gasteiger partial charge in [0, 0.05) is 75.2 Å². The Morgan fingerprint density at radius 2 is 1.92 bits per heavy atom. The van der Waals surface area contributed by atoms with Gasteiger partial charge in [0.05, 0.1) is 0 Å². The molecule has 1 aromatic heterocycles. The molecule has 3 saturated heterocycles. The molecule has 5 heterocycles. The highest BCUT2D eigenvalue weighted by molar-refractivity contribution is 5.82. The molecular formula is C19H24N4O3. The molecular weight excluding hydrogens is 332 g/mol. The van der Waals surface area contributed by atoms with Crippen LogP contribution >= 0.6 is 0 Å². The number of likely N-dealkylation sites (tertiary alicyclic amines) is 2. The molecule has 26 heavy (non-hydrogen) atoms. The van der Waals surface area contributed by atoms with Crippen molar-refractivity contribution in [2.24, 2.45) is 11.3 Å². The molecule has 7 heteroatoms. The van der Waals surface area contributed by atoms with Crippen molar-refractivity contribution in [3.8, 4) is 0 Å². The number of rotatable bonds is 1. The molecule has 0 aromatic carbocycles. The summed E-state index contributed by atoms with van der Waals surface area (Å²) in [5, 5.41) is 3.28. The van der Waals surface area contributed by atoms with Crippen LogP contribution < -0.4 is 10.9 Å². The number of fused-ring (bicyclic) bond motifs is 4. The Balaban J connectivity index is 1.51. The summed E-state index contributed by atoms with van der Waals surface area (Å²) >= 11 is 0. The first-order valence-electron chi connectivity index (χ1n) is 9.44. The van der Waals surface area contributed by atoms with E-state index < -0.39 is 6.04 Å². The molecule has 2 amide bonds. The van der Waals surface area contributed by atoms with Gasteiger partial charge in [-0.05, 0) is 12.5 Å². The third-order valence-corrected chi connectivity index (χ3v) is 6.71. The molecule has 3 atom stereocenters. The predicted octanol–water partition coefficient (Wildman–Crippen LogP) is -0.213. The fraction of sp³-hybridized carbons (Fsp3) is 0.632. The van der Waals surface area contributed by atoms with Crippen LogP contribution in [0.15, 0.2) is 23.0 Å². The van der Waals surface area contributed by atoms with Gasteiger partial charge in [0.2, 0.25) is 11.8 Å². The lowest BCUT2D eigenvalue weighted by atomic mass is 9.73. The topological polar surface area (TPSA) is 74.7 Å². The number of nitrogens with one attached hydrogen (secondary N) is 1. The van der Waals surface area contributed by atoms with Crippen LogP contribution in [0.5, 0.6) is 0 Å². The molecule has 0 aliphatic carbocycles. The molecule has 5 rings (SSSR count). The highest BCUT2D eigenvalue weighted by Gasteiger charge is 2.53. The number of carbonyl (C=O) groups is 2. The maximum atomic E-state index is 13.3. The van der Waals surface area contributed by atoms with E-state index in [0.717, 1.165) is 38.3 Å². The highest BCUT2D eigenvalue weighted by atomic mass is 16.2. The summed E-state index contributed by atoms with van der Waals surface area (Å²) in [6, 6.07) is 4.77. The average Bonchev–Trinajstić information content (AvgIpc) is 2.53. The van der Waals surface area contributed by atoms with Crippen LogP contribution in [0, 0.1) is 11.3 Å². The first kappa shape index (κ1) is 16.1. The van der Waals surface area contributed by atoms with Crippen molar-refractivity contribution in [3.63, 3.8) is 0 Å². The Kier molecular flexibility index (Phi) is 3.35. The third-order valence-electron chi connectivity index (χ3n) is 6.71. The van der Waals surface area contributed by atoms with E-state index in [1.54, 1.807) is 23.6 Å². The van der Waals surface area contributed by atoms with Crippen molar-refractivity contribution in [2.75, 3.05) is 39.3 Å². The van der Waals surface area contributed by atoms with E-state index in [1.807, 2.05) is 15.9 Å². The molecule has 3 fully saturated rings. The number of carbonyl (C=O) groups excluding carboxylic acids is 2. The van der Waals surface area contributed by atoms with Crippen molar-refractivity contribution in [1.82, 2.24) is 19.7 Å². The second kappa shape index (κ2) is 5.42. The quantitative estimate of drug-likeness (QED) is 0.755. The van der Waals surface area contributed by atoms with Crippen LogP contribution in [0.1, 0.15) is 31.0 Å². The van der Waals surface area contributed by atoms with Gasteiger partial charge in [-0.25, -0.2) is 0 Å². The van der Waals surface area contributed by atoms with E-state index in [2.05, 4.69) is 5.32 Å². The summed E-state index contributed by atoms with van der Waals surface area (Å²) in [4.78, 5) is 41.7. The summed E-state index contributed by atoms with van der Waals surface area (Å²) in [6.07, 6.45) is 0.865. The molecule has 4 aliphatic rings. The van der Waals surface area contributed by atoms with Crippen LogP contribution in [-0.4, -0.2) is 65.4 Å². The molecule has 4 aliphatic heterocycles. The minimum Gasteiger partial charge on any atom is -0.342 e. The van der Waals surface area contributed by atoms with Crippen LogP contribution in [-0.2, 0) is 9.59 Å². The van der Waals surface area contributed by atoms with Gasteiger partial charge in [0.1, 0.15) is 6.04 Å². The monoisotopic (exact) mass is 356 g/mol. The standard InChI is InChI=1S/C19H24N4O3/c1-12(24)21-6-13-5-14(7-21)17(23-15(13)3-2-4-16(23)25)18(26)22-10-19(11-22)8-20-9-19/h2-4,13-14,17,20H,5-11H2,1H3/t13-,14+,17-/m1/s1. The van der Waals surface area contributed by atoms with Gasteiger partial charge >= 0.3 is 0 Å². The van der Waals surface area contributed by atoms with Crippen molar-refractivity contribution in [3.05, 3.63) is 34.2 Å². The van der Waals surface area contributed by atoms with Crippen LogP contribution in [0.3, 0.4) is 0 Å². The number of nitrogens with zero attached hydrogens (tertiary/aromatic N) is 3. The van der Waals surface area contributed by atoms with E-state index in [-0.39, 0.29) is 34.6 Å². The fourth-order valence-electron chi connectivity index (χ4n) is 5.32. The molecule has 1 spiro atoms. The first-order valence-corrected chi connectivity index (χ1v) is 9.44. The van der Waals surface area contributed by atoms with E-state index in [0.29, 0.717) is 13.1 Å². The van der Waals surface area contributed by atoms with Crippen molar-refractivity contribution < 1.29 is 9.59 Å². The van der Waals surface area contributed by atoms with Crippen LogP contribution in [0.4, 0.5) is 0 Å². The summed E-state index contributed by atoms with van der Waals surface area (Å²) in [5.74, 6) is 0.231. The maximum absolute atomic E-state index is 13.3. The highest BCUT2D eigenvalue weighted by Crippen LogP contribution is 2.44. The summed E-state index contributed by atoms with van der Waals surface area (Å²) in [6.45, 7) is 6.28. The second-order valence-electron chi connectivity index (χ2n) is 8.52. The van der Waals surface area contributed by atoms with Gasteiger partial charge in [-0.1, -0.05) is 6.07 Å². The normalized spacial score (nSPS) is 31.0. The molecule has 138 valence electrons.